The molecule has 0 unspecified atom stereocenters. The predicted octanol–water partition coefficient (Wildman–Crippen LogP) is 8.22. The van der Waals surface area contributed by atoms with Crippen molar-refractivity contribution in [3.63, 3.8) is 0 Å². The Hall–Kier alpha value is -3.47. The van der Waals surface area contributed by atoms with Gasteiger partial charge in [-0.2, -0.15) is 5.10 Å². The summed E-state index contributed by atoms with van der Waals surface area (Å²) in [5.74, 6) is 0.552. The molecule has 0 aliphatic rings. The number of nitrogens with zero attached hydrogens (tertiary/aromatic N) is 4. The van der Waals surface area contributed by atoms with Crippen LogP contribution in [0.1, 0.15) is 49.0 Å². The lowest BCUT2D eigenvalue weighted by molar-refractivity contribution is 0.0600. The fourth-order valence-corrected chi connectivity index (χ4v) is 6.45. The number of ether oxygens (including phenoxy) is 2. The van der Waals surface area contributed by atoms with E-state index in [1.807, 2.05) is 73.4 Å². The Morgan fingerprint density at radius 3 is 2.52 bits per heavy atom. The number of esters is 1. The van der Waals surface area contributed by atoms with E-state index in [2.05, 4.69) is 43.4 Å². The predicted molar refractivity (Wildman–Crippen MR) is 173 cm³/mol. The number of rotatable bonds is 8. The Balaban J connectivity index is 1.46. The number of thiophene rings is 1. The van der Waals surface area contributed by atoms with Crippen LogP contribution in [0.5, 0.6) is 11.5 Å². The second-order valence-electron chi connectivity index (χ2n) is 11.3. The lowest BCUT2D eigenvalue weighted by atomic mass is 10.1. The first-order valence-electron chi connectivity index (χ1n) is 13.3. The van der Waals surface area contributed by atoms with Crippen molar-refractivity contribution in [1.29, 1.82) is 0 Å². The summed E-state index contributed by atoms with van der Waals surface area (Å²) in [6, 6.07) is 13.6. The van der Waals surface area contributed by atoms with Gasteiger partial charge in [-0.1, -0.05) is 40.1 Å². The average Bonchev–Trinajstić information content (AvgIpc) is 3.66. The highest BCUT2D eigenvalue weighted by atomic mass is 35.5. The highest BCUT2D eigenvalue weighted by molar-refractivity contribution is 8.30. The minimum atomic E-state index is -1.45. The van der Waals surface area contributed by atoms with Crippen LogP contribution < -0.4 is 8.92 Å². The molecule has 8 nitrogen and oxygen atoms in total. The van der Waals surface area contributed by atoms with E-state index in [1.54, 1.807) is 11.0 Å². The maximum absolute atomic E-state index is 12.8. The van der Waals surface area contributed by atoms with E-state index in [1.165, 1.54) is 18.4 Å². The molecule has 0 saturated heterocycles. The van der Waals surface area contributed by atoms with E-state index in [0.29, 0.717) is 21.4 Å². The molecule has 0 saturated carbocycles. The molecule has 3 heterocycles. The van der Waals surface area contributed by atoms with Crippen LogP contribution in [0.4, 0.5) is 0 Å². The number of hydrogen-bond acceptors (Lipinski definition) is 7. The number of imidazole rings is 1. The number of aryl methyl sites for hydroxylation is 1. The van der Waals surface area contributed by atoms with Gasteiger partial charge in [0.2, 0.25) is 0 Å². The summed E-state index contributed by atoms with van der Waals surface area (Å²) in [6.45, 7) is 8.39. The van der Waals surface area contributed by atoms with Crippen molar-refractivity contribution in [2.45, 2.75) is 38.5 Å². The Morgan fingerprint density at radius 2 is 1.86 bits per heavy atom. The van der Waals surface area contributed by atoms with Crippen molar-refractivity contribution < 1.29 is 18.5 Å². The molecule has 0 fully saturated rings. The van der Waals surface area contributed by atoms with E-state index >= 15 is 0 Å². The maximum atomic E-state index is 12.8. The summed E-state index contributed by atoms with van der Waals surface area (Å²) >= 11 is 8.15. The third-order valence-corrected chi connectivity index (χ3v) is 12.4. The monoisotopic (exact) mass is 626 g/mol. The lowest BCUT2D eigenvalue weighted by Gasteiger charge is -2.44. The van der Waals surface area contributed by atoms with Gasteiger partial charge in [-0.25, -0.2) is 9.78 Å². The number of carbonyl (C=O) groups is 1. The van der Waals surface area contributed by atoms with Crippen molar-refractivity contribution in [1.82, 2.24) is 19.3 Å². The van der Waals surface area contributed by atoms with Crippen LogP contribution in [0.25, 0.3) is 27.2 Å². The number of hydrogen-bond donors (Lipinski definition) is 0. The molecule has 0 radical (unpaired) electrons. The smallest absolute Gasteiger partial charge is 0.351 e. The molecule has 0 aliphatic heterocycles. The maximum Gasteiger partial charge on any atom is 0.351 e. The van der Waals surface area contributed by atoms with Crippen LogP contribution in [-0.2, 0) is 11.8 Å². The molecule has 222 valence electrons. The van der Waals surface area contributed by atoms with Crippen molar-refractivity contribution in [2.24, 2.45) is 7.05 Å². The molecule has 42 heavy (non-hydrogen) atoms. The normalized spacial score (nSPS) is 13.3. The van der Waals surface area contributed by atoms with Gasteiger partial charge in [0.15, 0.2) is 10.6 Å². The van der Waals surface area contributed by atoms with Gasteiger partial charge in [-0.3, -0.25) is 9.25 Å². The molecule has 1 atom stereocenters. The second-order valence-corrected chi connectivity index (χ2v) is 16.6. The average molecular weight is 627 g/mol. The van der Waals surface area contributed by atoms with Crippen molar-refractivity contribution >= 4 is 50.2 Å². The molecule has 11 heteroatoms. The topological polar surface area (TPSA) is 80.4 Å². The van der Waals surface area contributed by atoms with Gasteiger partial charge in [0, 0.05) is 35.2 Å². The van der Waals surface area contributed by atoms with Gasteiger partial charge >= 0.3 is 5.97 Å². The summed E-state index contributed by atoms with van der Waals surface area (Å²) in [5, 5.41) is 5.53. The molecular formula is C31H35ClN4O4S2. The minimum absolute atomic E-state index is 0.0330. The van der Waals surface area contributed by atoms with Crippen LogP contribution in [0.3, 0.4) is 0 Å². The minimum Gasteiger partial charge on any atom is -0.484 e. The summed E-state index contributed by atoms with van der Waals surface area (Å²) in [6.07, 6.45) is 9.32. The molecule has 5 rings (SSSR count). The van der Waals surface area contributed by atoms with E-state index in [0.717, 1.165) is 32.7 Å². The number of methoxy groups -OCH3 is 1. The van der Waals surface area contributed by atoms with E-state index in [4.69, 9.17) is 25.3 Å². The lowest BCUT2D eigenvalue weighted by Crippen LogP contribution is -2.27. The zero-order valence-electron chi connectivity index (χ0n) is 25.0. The van der Waals surface area contributed by atoms with Crippen LogP contribution in [-0.4, -0.2) is 49.7 Å². The third kappa shape index (κ3) is 5.75. The first kappa shape index (κ1) is 30.0. The zero-order chi connectivity index (χ0) is 30.4. The Bertz CT molecular complexity index is 1770. The summed E-state index contributed by atoms with van der Waals surface area (Å²) in [4.78, 5) is 17.8. The molecular weight excluding hydrogens is 592 g/mol. The first-order chi connectivity index (χ1) is 19.8. The van der Waals surface area contributed by atoms with Gasteiger partial charge in [0.05, 0.1) is 29.4 Å². The highest BCUT2D eigenvalue weighted by Gasteiger charge is 2.31. The molecule has 0 bridgehead atoms. The van der Waals surface area contributed by atoms with E-state index < -0.39 is 22.4 Å². The van der Waals surface area contributed by atoms with Crippen molar-refractivity contribution in [3.8, 4) is 27.6 Å². The molecule has 0 aliphatic carbocycles. The van der Waals surface area contributed by atoms with Gasteiger partial charge in [-0.05, 0) is 64.0 Å². The quantitative estimate of drug-likeness (QED) is 0.161. The van der Waals surface area contributed by atoms with Crippen molar-refractivity contribution in [3.05, 3.63) is 76.6 Å². The van der Waals surface area contributed by atoms with Crippen LogP contribution in [0.15, 0.2) is 61.2 Å². The standard InChI is InChI=1S/C31H35ClN4O4S2/c1-19(22-10-9-11-25(28(22)32)40-42(7,8)31(2,3)4)39-26-15-27(41-29(26)30(37)38-6)36-18-33-23-14-20(12-13-24(23)36)21-16-34-35(5)17-21/h9-19H,1-8H3/t19-/m1/s1. The van der Waals surface area contributed by atoms with Gasteiger partial charge in [-0.15, -0.1) is 11.3 Å². The number of benzene rings is 2. The molecule has 3 aromatic heterocycles. The van der Waals surface area contributed by atoms with Crippen molar-refractivity contribution in [2.75, 3.05) is 19.6 Å². The largest absolute Gasteiger partial charge is 0.484 e. The Kier molecular flexibility index (Phi) is 8.08. The molecule has 5 aromatic rings. The Labute approximate surface area is 256 Å². The van der Waals surface area contributed by atoms with Gasteiger partial charge in [0.25, 0.3) is 0 Å². The molecule has 0 spiro atoms. The molecule has 0 N–H and O–H groups in total. The first-order valence-corrected chi connectivity index (χ1v) is 16.9. The zero-order valence-corrected chi connectivity index (χ0v) is 27.4. The molecule has 0 amide bonds. The van der Waals surface area contributed by atoms with Crippen LogP contribution in [0.2, 0.25) is 5.02 Å². The second kappa shape index (κ2) is 11.3. The van der Waals surface area contributed by atoms with Gasteiger partial charge in [0.1, 0.15) is 23.2 Å². The summed E-state index contributed by atoms with van der Waals surface area (Å²) in [5.41, 5.74) is 4.52. The van der Waals surface area contributed by atoms with Gasteiger partial charge < -0.3 is 13.7 Å². The number of carbonyl (C=O) groups excluding carboxylic acids is 1. The fraction of sp³-hybridized carbons (Fsp3) is 0.323. The van der Waals surface area contributed by atoms with Crippen LogP contribution >= 0.6 is 33.2 Å². The van der Waals surface area contributed by atoms with E-state index in [-0.39, 0.29) is 4.75 Å². The SMILES string of the molecule is COC(=O)c1sc(-n2cnc3cc(-c4cnn(C)c4)ccc32)cc1O[C@H](C)c1cccc(OS(C)(C)C(C)(C)C)c1Cl. The van der Waals surface area contributed by atoms with E-state index in [9.17, 15) is 4.79 Å². The number of fused-ring (bicyclic) bond motifs is 1. The fourth-order valence-electron chi connectivity index (χ4n) is 4.25. The highest BCUT2D eigenvalue weighted by Crippen LogP contribution is 2.55. The Morgan fingerprint density at radius 1 is 1.10 bits per heavy atom. The summed E-state index contributed by atoms with van der Waals surface area (Å²) in [7, 11) is 1.80. The summed E-state index contributed by atoms with van der Waals surface area (Å²) < 4.78 is 21.6. The number of aromatic nitrogens is 4. The van der Waals surface area contributed by atoms with Crippen LogP contribution in [0, 0.1) is 0 Å². The molecule has 2 aromatic carbocycles. The third-order valence-electron chi connectivity index (χ3n) is 7.39. The number of halogens is 1.